The third-order valence-corrected chi connectivity index (χ3v) is 3.72. The molecule has 1 atom stereocenters. The summed E-state index contributed by atoms with van der Waals surface area (Å²) in [5, 5.41) is 17.4. The summed E-state index contributed by atoms with van der Waals surface area (Å²) in [5.74, 6) is -0.0814. The van der Waals surface area contributed by atoms with Crippen LogP contribution in [0, 0.1) is 0 Å². The summed E-state index contributed by atoms with van der Waals surface area (Å²) in [7, 11) is 0. The van der Waals surface area contributed by atoms with Crippen molar-refractivity contribution in [2.75, 3.05) is 5.32 Å². The van der Waals surface area contributed by atoms with Crippen LogP contribution in [-0.2, 0) is 0 Å². The molecule has 1 aromatic heterocycles. The van der Waals surface area contributed by atoms with Gasteiger partial charge in [-0.15, -0.1) is 0 Å². The van der Waals surface area contributed by atoms with Crippen molar-refractivity contribution in [3.63, 3.8) is 0 Å². The first kappa shape index (κ1) is 12.6. The second-order valence-corrected chi connectivity index (χ2v) is 5.31. The van der Waals surface area contributed by atoms with Crippen LogP contribution >= 0.6 is 34.5 Å². The molecule has 17 heavy (non-hydrogen) atoms. The summed E-state index contributed by atoms with van der Waals surface area (Å²) in [6.07, 6.45) is 0. The first-order chi connectivity index (χ1) is 8.08. The van der Waals surface area contributed by atoms with E-state index in [1.165, 1.54) is 5.56 Å². The fraction of sp³-hybridized carbons (Fsp3) is 0.167. The van der Waals surface area contributed by atoms with E-state index < -0.39 is 0 Å². The second kappa shape index (κ2) is 5.17. The van der Waals surface area contributed by atoms with E-state index in [1.54, 1.807) is 23.5 Å². The van der Waals surface area contributed by atoms with E-state index in [0.717, 1.165) is 5.69 Å². The van der Waals surface area contributed by atoms with E-state index in [9.17, 15) is 5.11 Å². The molecule has 0 aliphatic rings. The van der Waals surface area contributed by atoms with Crippen LogP contribution in [0.25, 0.3) is 0 Å². The highest BCUT2D eigenvalue weighted by atomic mass is 35.5. The molecule has 1 unspecified atom stereocenters. The third kappa shape index (κ3) is 2.86. The molecular weight excluding hydrogens is 277 g/mol. The average Bonchev–Trinajstić information content (AvgIpc) is 2.79. The Hall–Kier alpha value is -0.900. The highest BCUT2D eigenvalue weighted by Crippen LogP contribution is 2.35. The number of hydrogen-bond donors (Lipinski definition) is 2. The molecule has 0 radical (unpaired) electrons. The molecule has 0 amide bonds. The Balaban J connectivity index is 2.19. The zero-order valence-electron chi connectivity index (χ0n) is 9.08. The number of aromatic hydroxyl groups is 1. The molecule has 2 rings (SSSR count). The SMILES string of the molecule is CC(Nc1cc(Cl)c(O)c(Cl)c1)c1ccsc1. The number of phenolic OH excluding ortho intramolecular Hbond substituents is 1. The zero-order chi connectivity index (χ0) is 12.4. The number of thiophene rings is 1. The number of anilines is 1. The highest BCUT2D eigenvalue weighted by Gasteiger charge is 2.10. The fourth-order valence-electron chi connectivity index (χ4n) is 1.50. The van der Waals surface area contributed by atoms with Gasteiger partial charge in [0.25, 0.3) is 0 Å². The summed E-state index contributed by atoms with van der Waals surface area (Å²) >= 11 is 13.4. The van der Waals surface area contributed by atoms with Crippen molar-refractivity contribution in [3.8, 4) is 5.75 Å². The van der Waals surface area contributed by atoms with Gasteiger partial charge in [0.2, 0.25) is 0 Å². The monoisotopic (exact) mass is 287 g/mol. The lowest BCUT2D eigenvalue weighted by Crippen LogP contribution is -2.05. The first-order valence-corrected chi connectivity index (χ1v) is 6.74. The number of nitrogens with one attached hydrogen (secondary N) is 1. The van der Waals surface area contributed by atoms with Crippen LogP contribution in [0.1, 0.15) is 18.5 Å². The lowest BCUT2D eigenvalue weighted by molar-refractivity contribution is 0.476. The number of halogens is 2. The van der Waals surface area contributed by atoms with Crippen molar-refractivity contribution in [2.45, 2.75) is 13.0 Å². The van der Waals surface area contributed by atoms with E-state index in [0.29, 0.717) is 0 Å². The quantitative estimate of drug-likeness (QED) is 0.784. The molecule has 2 nitrogen and oxygen atoms in total. The Kier molecular flexibility index (Phi) is 3.82. The van der Waals surface area contributed by atoms with E-state index in [-0.39, 0.29) is 21.8 Å². The molecule has 1 heterocycles. The maximum atomic E-state index is 9.46. The molecule has 1 aromatic carbocycles. The van der Waals surface area contributed by atoms with Gasteiger partial charge < -0.3 is 10.4 Å². The normalized spacial score (nSPS) is 12.4. The van der Waals surface area contributed by atoms with Gasteiger partial charge in [-0.3, -0.25) is 0 Å². The Morgan fingerprint density at radius 1 is 1.29 bits per heavy atom. The molecule has 0 spiro atoms. The largest absolute Gasteiger partial charge is 0.505 e. The minimum Gasteiger partial charge on any atom is -0.505 e. The zero-order valence-corrected chi connectivity index (χ0v) is 11.4. The van der Waals surface area contributed by atoms with E-state index in [1.807, 2.05) is 5.38 Å². The Morgan fingerprint density at radius 2 is 1.94 bits per heavy atom. The van der Waals surface area contributed by atoms with Crippen molar-refractivity contribution in [1.29, 1.82) is 0 Å². The Labute approximate surface area is 114 Å². The topological polar surface area (TPSA) is 32.3 Å². The fourth-order valence-corrected chi connectivity index (χ4v) is 2.74. The number of benzene rings is 1. The van der Waals surface area contributed by atoms with Gasteiger partial charge in [-0.05, 0) is 41.4 Å². The van der Waals surface area contributed by atoms with Gasteiger partial charge in [0.05, 0.1) is 10.0 Å². The Morgan fingerprint density at radius 3 is 2.47 bits per heavy atom. The highest BCUT2D eigenvalue weighted by molar-refractivity contribution is 7.08. The summed E-state index contributed by atoms with van der Waals surface area (Å²) in [5.41, 5.74) is 1.99. The van der Waals surface area contributed by atoms with Crippen molar-refractivity contribution < 1.29 is 5.11 Å². The molecule has 0 saturated carbocycles. The summed E-state index contributed by atoms with van der Waals surface area (Å²) < 4.78 is 0. The average molecular weight is 288 g/mol. The van der Waals surface area contributed by atoms with Gasteiger partial charge in [0, 0.05) is 11.7 Å². The van der Waals surface area contributed by atoms with E-state index in [2.05, 4.69) is 23.7 Å². The van der Waals surface area contributed by atoms with Crippen LogP contribution < -0.4 is 5.32 Å². The minimum absolute atomic E-state index is 0.0814. The number of hydrogen-bond acceptors (Lipinski definition) is 3. The van der Waals surface area contributed by atoms with Crippen LogP contribution in [0.15, 0.2) is 29.0 Å². The van der Waals surface area contributed by atoms with Gasteiger partial charge in [-0.2, -0.15) is 11.3 Å². The maximum absolute atomic E-state index is 9.46. The number of phenols is 1. The number of rotatable bonds is 3. The van der Waals surface area contributed by atoms with Crippen LogP contribution in [0.4, 0.5) is 5.69 Å². The maximum Gasteiger partial charge on any atom is 0.152 e. The summed E-state index contributed by atoms with van der Waals surface area (Å²) in [6, 6.07) is 5.54. The molecule has 0 bridgehead atoms. The van der Waals surface area contributed by atoms with Crippen LogP contribution in [0.5, 0.6) is 5.75 Å². The van der Waals surface area contributed by atoms with Gasteiger partial charge >= 0.3 is 0 Å². The lowest BCUT2D eigenvalue weighted by atomic mass is 10.1. The predicted octanol–water partition coefficient (Wildman–Crippen LogP) is 4.93. The molecule has 2 N–H and O–H groups in total. The third-order valence-electron chi connectivity index (χ3n) is 2.44. The van der Waals surface area contributed by atoms with Gasteiger partial charge in [0.1, 0.15) is 0 Å². The second-order valence-electron chi connectivity index (χ2n) is 3.71. The molecule has 2 aromatic rings. The molecule has 90 valence electrons. The summed E-state index contributed by atoms with van der Waals surface area (Å²) in [6.45, 7) is 2.05. The first-order valence-electron chi connectivity index (χ1n) is 5.04. The Bertz CT molecular complexity index is 490. The summed E-state index contributed by atoms with van der Waals surface area (Å²) in [4.78, 5) is 0. The van der Waals surface area contributed by atoms with Gasteiger partial charge in [0.15, 0.2) is 5.75 Å². The minimum atomic E-state index is -0.0814. The van der Waals surface area contributed by atoms with Crippen LogP contribution in [0.3, 0.4) is 0 Å². The molecule has 0 aliphatic heterocycles. The van der Waals surface area contributed by atoms with Crippen molar-refractivity contribution in [3.05, 3.63) is 44.6 Å². The standard InChI is InChI=1S/C12H11Cl2NOS/c1-7(8-2-3-17-6-8)15-9-4-10(13)12(16)11(14)5-9/h2-7,15-16H,1H3. The van der Waals surface area contributed by atoms with Gasteiger partial charge in [-0.25, -0.2) is 0 Å². The molecule has 0 saturated heterocycles. The molecule has 0 fully saturated rings. The van der Waals surface area contributed by atoms with Crippen molar-refractivity contribution in [1.82, 2.24) is 0 Å². The smallest absolute Gasteiger partial charge is 0.152 e. The molecule has 5 heteroatoms. The molecule has 0 aliphatic carbocycles. The van der Waals surface area contributed by atoms with Crippen molar-refractivity contribution in [2.24, 2.45) is 0 Å². The van der Waals surface area contributed by atoms with Gasteiger partial charge in [-0.1, -0.05) is 23.2 Å². The van der Waals surface area contributed by atoms with E-state index in [4.69, 9.17) is 23.2 Å². The van der Waals surface area contributed by atoms with Crippen LogP contribution in [0.2, 0.25) is 10.0 Å². The molecular formula is C12H11Cl2NOS. The van der Waals surface area contributed by atoms with E-state index >= 15 is 0 Å². The van der Waals surface area contributed by atoms with Crippen LogP contribution in [-0.4, -0.2) is 5.11 Å². The predicted molar refractivity (Wildman–Crippen MR) is 74.5 cm³/mol. The van der Waals surface area contributed by atoms with Crippen molar-refractivity contribution >= 4 is 40.2 Å². The lowest BCUT2D eigenvalue weighted by Gasteiger charge is -2.15.